The molecule has 33 heavy (non-hydrogen) atoms. The molecule has 0 aliphatic heterocycles. The molecule has 2 aromatic carbocycles. The number of carbonyl (C=O) groups is 1. The van der Waals surface area contributed by atoms with Crippen LogP contribution in [-0.4, -0.2) is 32.0 Å². The van der Waals surface area contributed by atoms with E-state index in [0.29, 0.717) is 17.4 Å². The van der Waals surface area contributed by atoms with Gasteiger partial charge in [0, 0.05) is 11.9 Å². The van der Waals surface area contributed by atoms with Crippen molar-refractivity contribution in [2.45, 2.75) is 46.6 Å². The van der Waals surface area contributed by atoms with Crippen molar-refractivity contribution in [3.8, 4) is 5.69 Å². The first-order chi connectivity index (χ1) is 15.8. The van der Waals surface area contributed by atoms with Crippen molar-refractivity contribution in [1.29, 1.82) is 0 Å². The quantitative estimate of drug-likeness (QED) is 0.472. The number of nitrogens with one attached hydrogen (secondary N) is 1. The molecule has 0 radical (unpaired) electrons. The van der Waals surface area contributed by atoms with Gasteiger partial charge in [-0.15, -0.1) is 0 Å². The van der Waals surface area contributed by atoms with Crippen LogP contribution in [0.2, 0.25) is 0 Å². The van der Waals surface area contributed by atoms with Crippen molar-refractivity contribution in [1.82, 2.24) is 24.9 Å². The molecule has 7 nitrogen and oxygen atoms in total. The zero-order valence-electron chi connectivity index (χ0n) is 19.5. The Hall–Kier alpha value is -3.74. The largest absolute Gasteiger partial charge is 0.354 e. The Kier molecular flexibility index (Phi) is 6.40. The molecule has 0 aliphatic carbocycles. The van der Waals surface area contributed by atoms with Gasteiger partial charge in [-0.1, -0.05) is 50.2 Å². The predicted molar refractivity (Wildman–Crippen MR) is 130 cm³/mol. The molecule has 7 heteroatoms. The molecule has 0 saturated heterocycles. The minimum atomic E-state index is -0.330. The van der Waals surface area contributed by atoms with Crippen molar-refractivity contribution in [2.75, 3.05) is 6.54 Å². The number of hydrogen-bond acceptors (Lipinski definition) is 4. The third kappa shape index (κ3) is 4.72. The first-order valence-electron chi connectivity index (χ1n) is 11.2. The van der Waals surface area contributed by atoms with Gasteiger partial charge >= 0.3 is 0 Å². The van der Waals surface area contributed by atoms with Gasteiger partial charge in [-0.05, 0) is 55.0 Å². The molecule has 0 spiro atoms. The Morgan fingerprint density at radius 3 is 2.52 bits per heavy atom. The van der Waals surface area contributed by atoms with Gasteiger partial charge in [-0.25, -0.2) is 9.36 Å². The maximum Gasteiger partial charge on any atom is 0.293 e. The Balaban J connectivity index is 1.65. The van der Waals surface area contributed by atoms with Crippen LogP contribution in [0.1, 0.15) is 42.1 Å². The summed E-state index contributed by atoms with van der Waals surface area (Å²) in [5.41, 5.74) is 5.10. The second-order valence-electron chi connectivity index (χ2n) is 8.68. The van der Waals surface area contributed by atoms with Crippen molar-refractivity contribution >= 4 is 16.8 Å². The smallest absolute Gasteiger partial charge is 0.293 e. The molecular weight excluding hydrogens is 414 g/mol. The number of nitrogens with zero attached hydrogens (tertiary/aromatic N) is 4. The Morgan fingerprint density at radius 1 is 1.06 bits per heavy atom. The fourth-order valence-electron chi connectivity index (χ4n) is 3.86. The maximum atomic E-state index is 13.4. The van der Waals surface area contributed by atoms with E-state index in [1.54, 1.807) is 10.9 Å². The molecule has 170 valence electrons. The Labute approximate surface area is 193 Å². The van der Waals surface area contributed by atoms with E-state index in [-0.39, 0.29) is 23.9 Å². The fraction of sp³-hybridized carbons (Fsp3) is 0.308. The number of benzene rings is 2. The predicted octanol–water partition coefficient (Wildman–Crippen LogP) is 3.68. The molecule has 1 N–H and O–H groups in total. The van der Waals surface area contributed by atoms with Crippen LogP contribution in [0.4, 0.5) is 0 Å². The summed E-state index contributed by atoms with van der Waals surface area (Å²) in [5, 5.41) is 12.7. The third-order valence-corrected chi connectivity index (χ3v) is 5.86. The number of fused-ring (bicyclic) bond motifs is 1. The van der Waals surface area contributed by atoms with Crippen LogP contribution in [0.3, 0.4) is 0 Å². The first-order valence-corrected chi connectivity index (χ1v) is 11.2. The summed E-state index contributed by atoms with van der Waals surface area (Å²) in [6.45, 7) is 8.47. The summed E-state index contributed by atoms with van der Waals surface area (Å²) in [5.74, 6) is -0.176. The van der Waals surface area contributed by atoms with E-state index in [2.05, 4.69) is 15.5 Å². The SMILES string of the molecule is Cc1ccc(-n2ncc3c(C(C)C)nn(CC(=O)NCCc4ccccc4)c(=O)c32)cc1C. The monoisotopic (exact) mass is 443 g/mol. The lowest BCUT2D eigenvalue weighted by molar-refractivity contribution is -0.121. The third-order valence-electron chi connectivity index (χ3n) is 5.86. The number of aromatic nitrogens is 4. The van der Waals surface area contributed by atoms with Gasteiger partial charge < -0.3 is 5.32 Å². The van der Waals surface area contributed by atoms with Gasteiger partial charge in [-0.3, -0.25) is 9.59 Å². The highest BCUT2D eigenvalue weighted by Crippen LogP contribution is 2.23. The molecule has 4 rings (SSSR count). The standard InChI is InChI=1S/C26H29N5O2/c1-17(2)24-22-15-28-31(21-11-10-18(3)19(4)14-21)25(22)26(33)30(29-24)16-23(32)27-13-12-20-8-6-5-7-9-20/h5-11,14-15,17H,12-13,16H2,1-4H3,(H,27,32). The van der Waals surface area contributed by atoms with Crippen LogP contribution in [0.15, 0.2) is 59.5 Å². The van der Waals surface area contributed by atoms with E-state index < -0.39 is 0 Å². The molecule has 4 aromatic rings. The highest BCUT2D eigenvalue weighted by molar-refractivity contribution is 5.82. The van der Waals surface area contributed by atoms with Crippen molar-refractivity contribution in [3.05, 3.63) is 87.5 Å². The zero-order valence-corrected chi connectivity index (χ0v) is 19.5. The lowest BCUT2D eigenvalue weighted by Crippen LogP contribution is -2.35. The molecule has 0 aliphatic rings. The summed E-state index contributed by atoms with van der Waals surface area (Å²) in [4.78, 5) is 26.0. The highest BCUT2D eigenvalue weighted by Gasteiger charge is 2.20. The summed E-state index contributed by atoms with van der Waals surface area (Å²) < 4.78 is 2.91. The molecule has 2 heterocycles. The normalized spacial score (nSPS) is 11.3. The Bertz CT molecular complexity index is 1350. The lowest BCUT2D eigenvalue weighted by Gasteiger charge is -2.13. The van der Waals surface area contributed by atoms with Gasteiger partial charge in [0.2, 0.25) is 5.91 Å². The second kappa shape index (κ2) is 9.40. The van der Waals surface area contributed by atoms with Gasteiger partial charge in [0.15, 0.2) is 0 Å². The van der Waals surface area contributed by atoms with Crippen LogP contribution in [0.5, 0.6) is 0 Å². The van der Waals surface area contributed by atoms with Crippen LogP contribution >= 0.6 is 0 Å². The zero-order chi connectivity index (χ0) is 23.5. The van der Waals surface area contributed by atoms with Crippen molar-refractivity contribution in [2.24, 2.45) is 0 Å². The van der Waals surface area contributed by atoms with Crippen LogP contribution in [-0.2, 0) is 17.8 Å². The van der Waals surface area contributed by atoms with Gasteiger partial charge in [0.25, 0.3) is 5.56 Å². The number of amides is 1. The molecule has 2 aromatic heterocycles. The van der Waals surface area contributed by atoms with E-state index in [1.165, 1.54) is 10.2 Å². The summed E-state index contributed by atoms with van der Waals surface area (Å²) in [6.07, 6.45) is 2.42. The maximum absolute atomic E-state index is 13.4. The van der Waals surface area contributed by atoms with Crippen molar-refractivity contribution in [3.63, 3.8) is 0 Å². The number of aryl methyl sites for hydroxylation is 2. The minimum Gasteiger partial charge on any atom is -0.354 e. The summed E-state index contributed by atoms with van der Waals surface area (Å²) in [6, 6.07) is 15.9. The molecular formula is C26H29N5O2. The molecule has 0 bridgehead atoms. The minimum absolute atomic E-state index is 0.0675. The lowest BCUT2D eigenvalue weighted by atomic mass is 10.1. The Morgan fingerprint density at radius 2 is 1.82 bits per heavy atom. The molecule has 0 atom stereocenters. The van der Waals surface area contributed by atoms with Gasteiger partial charge in [0.1, 0.15) is 12.1 Å². The molecule has 0 fully saturated rings. The number of carbonyl (C=O) groups excluding carboxylic acids is 1. The number of rotatable bonds is 7. The van der Waals surface area contributed by atoms with Crippen LogP contribution < -0.4 is 10.9 Å². The van der Waals surface area contributed by atoms with Crippen LogP contribution in [0, 0.1) is 13.8 Å². The van der Waals surface area contributed by atoms with Crippen LogP contribution in [0.25, 0.3) is 16.6 Å². The van der Waals surface area contributed by atoms with E-state index >= 15 is 0 Å². The van der Waals surface area contributed by atoms with E-state index in [9.17, 15) is 9.59 Å². The summed E-state index contributed by atoms with van der Waals surface area (Å²) >= 11 is 0. The molecule has 0 saturated carbocycles. The van der Waals surface area contributed by atoms with E-state index in [4.69, 9.17) is 0 Å². The molecule has 0 unspecified atom stereocenters. The fourth-order valence-corrected chi connectivity index (χ4v) is 3.86. The van der Waals surface area contributed by atoms with Gasteiger partial charge in [0.05, 0.1) is 17.6 Å². The topological polar surface area (TPSA) is 81.8 Å². The first kappa shape index (κ1) is 22.5. The second-order valence-corrected chi connectivity index (χ2v) is 8.68. The van der Waals surface area contributed by atoms with Crippen molar-refractivity contribution < 1.29 is 4.79 Å². The van der Waals surface area contributed by atoms with Gasteiger partial charge in [-0.2, -0.15) is 10.2 Å². The van der Waals surface area contributed by atoms with E-state index in [0.717, 1.165) is 28.9 Å². The average molecular weight is 444 g/mol. The summed E-state index contributed by atoms with van der Waals surface area (Å²) in [7, 11) is 0. The number of hydrogen-bond donors (Lipinski definition) is 1. The highest BCUT2D eigenvalue weighted by atomic mass is 16.2. The van der Waals surface area contributed by atoms with E-state index in [1.807, 2.05) is 76.2 Å². The average Bonchev–Trinajstić information content (AvgIpc) is 3.23. The molecule has 1 amide bonds.